The van der Waals surface area contributed by atoms with Gasteiger partial charge in [0.05, 0.1) is 0 Å². The normalized spacial score (nSPS) is 13.8. The highest BCUT2D eigenvalue weighted by Gasteiger charge is 2.38. The number of nitrogens with one attached hydrogen (secondary N) is 1. The van der Waals surface area contributed by atoms with Gasteiger partial charge >= 0.3 is 0 Å². The molecule has 0 saturated heterocycles. The van der Waals surface area contributed by atoms with E-state index in [2.05, 4.69) is 23.5 Å². The molecule has 26 heavy (non-hydrogen) atoms. The summed E-state index contributed by atoms with van der Waals surface area (Å²) in [6.45, 7) is 0. The van der Waals surface area contributed by atoms with Gasteiger partial charge in [-0.15, -0.1) is 0 Å². The summed E-state index contributed by atoms with van der Waals surface area (Å²) in [5.41, 5.74) is 2.30. The van der Waals surface area contributed by atoms with E-state index < -0.39 is 5.54 Å². The quantitative estimate of drug-likeness (QED) is 0.761. The van der Waals surface area contributed by atoms with Crippen molar-refractivity contribution in [2.75, 3.05) is 0 Å². The van der Waals surface area contributed by atoms with Gasteiger partial charge in [-0.25, -0.2) is 0 Å². The summed E-state index contributed by atoms with van der Waals surface area (Å²) in [4.78, 5) is 23.4. The topological polar surface area (TPSA) is 46.2 Å². The molecule has 2 aromatic carbocycles. The summed E-state index contributed by atoms with van der Waals surface area (Å²) in [5, 5.41) is 3.25. The van der Waals surface area contributed by atoms with E-state index in [0.29, 0.717) is 0 Å². The molecular formula is C23H23NO2. The zero-order valence-electron chi connectivity index (χ0n) is 14.7. The van der Waals surface area contributed by atoms with Crippen molar-refractivity contribution in [3.63, 3.8) is 0 Å². The Kier molecular flexibility index (Phi) is 5.80. The predicted octanol–water partition coefficient (Wildman–Crippen LogP) is 4.30. The number of amides is 1. The molecule has 0 aliphatic heterocycles. The largest absolute Gasteiger partial charge is 0.338 e. The molecule has 0 saturated carbocycles. The summed E-state index contributed by atoms with van der Waals surface area (Å²) >= 11 is 0. The Morgan fingerprint density at radius 2 is 1.58 bits per heavy atom. The van der Waals surface area contributed by atoms with E-state index >= 15 is 0 Å². The Morgan fingerprint density at radius 1 is 0.962 bits per heavy atom. The predicted molar refractivity (Wildman–Crippen MR) is 104 cm³/mol. The average molecular weight is 345 g/mol. The van der Waals surface area contributed by atoms with E-state index in [1.807, 2.05) is 60.7 Å². The van der Waals surface area contributed by atoms with Crippen molar-refractivity contribution in [2.45, 2.75) is 31.2 Å². The average Bonchev–Trinajstić information content (AvgIpc) is 2.72. The van der Waals surface area contributed by atoms with E-state index in [1.54, 1.807) is 0 Å². The van der Waals surface area contributed by atoms with Crippen molar-refractivity contribution in [2.24, 2.45) is 0 Å². The second kappa shape index (κ2) is 8.43. The van der Waals surface area contributed by atoms with E-state index in [9.17, 15) is 9.59 Å². The number of hydrogen-bond acceptors (Lipinski definition) is 2. The third-order valence-electron chi connectivity index (χ3n) is 4.66. The lowest BCUT2D eigenvalue weighted by molar-refractivity contribution is -0.123. The van der Waals surface area contributed by atoms with Crippen LogP contribution < -0.4 is 5.32 Å². The summed E-state index contributed by atoms with van der Waals surface area (Å²) in [5.74, 6) is -0.135. The van der Waals surface area contributed by atoms with E-state index in [4.69, 9.17) is 0 Å². The summed E-state index contributed by atoms with van der Waals surface area (Å²) in [6, 6.07) is 20.0. The number of rotatable bonds is 7. The third-order valence-corrected chi connectivity index (χ3v) is 4.66. The molecule has 0 heterocycles. The molecule has 132 valence electrons. The van der Waals surface area contributed by atoms with Crippen LogP contribution in [-0.4, -0.2) is 12.2 Å². The maximum absolute atomic E-state index is 12.7. The first-order chi connectivity index (χ1) is 12.8. The zero-order valence-corrected chi connectivity index (χ0v) is 14.7. The molecule has 1 N–H and O–H groups in total. The molecular weight excluding hydrogens is 322 g/mol. The molecule has 0 radical (unpaired) electrons. The number of carbonyl (C=O) groups excluding carboxylic acids is 2. The number of allylic oxidation sites excluding steroid dienone is 2. The smallest absolute Gasteiger partial charge is 0.221 e. The Bertz CT molecular complexity index is 767. The Hall–Kier alpha value is -2.94. The van der Waals surface area contributed by atoms with Gasteiger partial charge in [0.1, 0.15) is 11.8 Å². The summed E-state index contributed by atoms with van der Waals surface area (Å²) < 4.78 is 0. The lowest BCUT2D eigenvalue weighted by Crippen LogP contribution is -2.48. The van der Waals surface area contributed by atoms with Crippen LogP contribution in [0.3, 0.4) is 0 Å². The van der Waals surface area contributed by atoms with Gasteiger partial charge in [-0.05, 0) is 29.5 Å². The molecule has 1 aliphatic rings. The highest BCUT2D eigenvalue weighted by atomic mass is 16.2. The molecule has 0 spiro atoms. The number of benzene rings is 2. The summed E-state index contributed by atoms with van der Waals surface area (Å²) in [7, 11) is 0. The first-order valence-corrected chi connectivity index (χ1v) is 9.00. The fourth-order valence-corrected chi connectivity index (χ4v) is 3.45. The van der Waals surface area contributed by atoms with Crippen LogP contribution in [0, 0.1) is 0 Å². The lowest BCUT2D eigenvalue weighted by atomic mass is 9.75. The highest BCUT2D eigenvalue weighted by Crippen LogP contribution is 2.39. The first kappa shape index (κ1) is 17.9. The highest BCUT2D eigenvalue weighted by molar-refractivity contribution is 5.81. The molecule has 3 rings (SSSR count). The maximum Gasteiger partial charge on any atom is 0.221 e. The minimum Gasteiger partial charge on any atom is -0.338 e. The van der Waals surface area contributed by atoms with Crippen molar-refractivity contribution in [3.05, 3.63) is 95.6 Å². The van der Waals surface area contributed by atoms with Crippen molar-refractivity contribution in [1.29, 1.82) is 0 Å². The fraction of sp³-hybridized carbons (Fsp3) is 0.217. The first-order valence-electron chi connectivity index (χ1n) is 9.00. The van der Waals surface area contributed by atoms with Gasteiger partial charge in [0.2, 0.25) is 5.91 Å². The van der Waals surface area contributed by atoms with Gasteiger partial charge < -0.3 is 10.1 Å². The second-order valence-electron chi connectivity index (χ2n) is 6.37. The molecule has 0 bridgehead atoms. The monoisotopic (exact) mass is 345 g/mol. The van der Waals surface area contributed by atoms with E-state index in [1.165, 1.54) is 0 Å². The molecule has 0 fully saturated rings. The van der Waals surface area contributed by atoms with Gasteiger partial charge in [-0.1, -0.05) is 78.9 Å². The Labute approximate surface area is 154 Å². The molecule has 3 nitrogen and oxygen atoms in total. The lowest BCUT2D eigenvalue weighted by Gasteiger charge is -2.38. The molecule has 0 unspecified atom stereocenters. The molecule has 1 aliphatic carbocycles. The maximum atomic E-state index is 12.7. The molecule has 1 amide bonds. The van der Waals surface area contributed by atoms with Crippen LogP contribution in [-0.2, 0) is 15.1 Å². The van der Waals surface area contributed by atoms with Crippen molar-refractivity contribution in [1.82, 2.24) is 5.32 Å². The van der Waals surface area contributed by atoms with Crippen LogP contribution in [0.5, 0.6) is 0 Å². The Balaban J connectivity index is 2.17. The zero-order chi connectivity index (χ0) is 18.2. The molecule has 0 aromatic heterocycles. The third kappa shape index (κ3) is 3.67. The van der Waals surface area contributed by atoms with Crippen LogP contribution >= 0.6 is 0 Å². The second-order valence-corrected chi connectivity index (χ2v) is 6.37. The van der Waals surface area contributed by atoms with E-state index in [-0.39, 0.29) is 18.7 Å². The number of hydrogen-bond donors (Lipinski definition) is 1. The number of aldehydes is 1. The standard InChI is InChI=1S/C23H23NO2/c25-18-10-17-22(26)24-23(19-11-4-1-5-12-19,20-13-6-2-7-14-20)21-15-8-3-9-16-21/h1-2,4-8,11-16,18H,3,9-10,17H2,(H,24,26). The summed E-state index contributed by atoms with van der Waals surface area (Å²) in [6.07, 6.45) is 9.57. The van der Waals surface area contributed by atoms with Crippen LogP contribution in [0.2, 0.25) is 0 Å². The van der Waals surface area contributed by atoms with Gasteiger partial charge in [-0.2, -0.15) is 0 Å². The van der Waals surface area contributed by atoms with Crippen LogP contribution in [0.1, 0.15) is 36.8 Å². The van der Waals surface area contributed by atoms with Crippen LogP contribution in [0.15, 0.2) is 84.5 Å². The van der Waals surface area contributed by atoms with Crippen LogP contribution in [0.4, 0.5) is 0 Å². The minimum atomic E-state index is -0.764. The van der Waals surface area contributed by atoms with E-state index in [0.717, 1.165) is 35.8 Å². The van der Waals surface area contributed by atoms with Gasteiger partial charge in [-0.3, -0.25) is 4.79 Å². The van der Waals surface area contributed by atoms with Gasteiger partial charge in [0.25, 0.3) is 0 Å². The van der Waals surface area contributed by atoms with Gasteiger partial charge in [0.15, 0.2) is 0 Å². The van der Waals surface area contributed by atoms with Crippen molar-refractivity contribution in [3.8, 4) is 0 Å². The van der Waals surface area contributed by atoms with Crippen LogP contribution in [0.25, 0.3) is 0 Å². The minimum absolute atomic E-state index is 0.135. The molecule has 2 aromatic rings. The van der Waals surface area contributed by atoms with Gasteiger partial charge in [0, 0.05) is 12.8 Å². The molecule has 0 atom stereocenters. The molecule has 3 heteroatoms. The fourth-order valence-electron chi connectivity index (χ4n) is 3.45. The van der Waals surface area contributed by atoms with Crippen molar-refractivity contribution < 1.29 is 9.59 Å². The Morgan fingerprint density at radius 3 is 2.08 bits per heavy atom. The number of carbonyl (C=O) groups is 2. The SMILES string of the molecule is O=CCCC(=O)NC(C1=CCCC=C1)(c1ccccc1)c1ccccc1. The van der Waals surface area contributed by atoms with Crippen molar-refractivity contribution >= 4 is 12.2 Å².